The van der Waals surface area contributed by atoms with Crippen LogP contribution in [-0.4, -0.2) is 28.2 Å². The van der Waals surface area contributed by atoms with E-state index in [1.165, 1.54) is 6.20 Å². The minimum Gasteiger partial charge on any atom is -0.383 e. The van der Waals surface area contributed by atoms with Crippen LogP contribution in [0.4, 0.5) is 11.5 Å². The van der Waals surface area contributed by atoms with Gasteiger partial charge in [0, 0.05) is 11.4 Å². The molecule has 24 heavy (non-hydrogen) atoms. The number of anilines is 2. The maximum Gasteiger partial charge on any atom is 0.313 e. The first-order chi connectivity index (χ1) is 11.6. The van der Waals surface area contributed by atoms with Gasteiger partial charge < -0.3 is 16.0 Å². The van der Waals surface area contributed by atoms with Gasteiger partial charge in [-0.15, -0.1) is 11.3 Å². The highest BCUT2D eigenvalue weighted by atomic mass is 32.1. The minimum atomic E-state index is -0.635. The van der Waals surface area contributed by atoms with E-state index in [9.17, 15) is 9.59 Å². The molecule has 0 saturated carbocycles. The first-order valence-electron chi connectivity index (χ1n) is 7.93. The summed E-state index contributed by atoms with van der Waals surface area (Å²) in [6.45, 7) is 2.41. The number of nitrogens with one attached hydrogen (secondary N) is 1. The normalized spacial score (nSPS) is 17.5. The zero-order chi connectivity index (χ0) is 17.1. The number of aromatic nitrogens is 1. The zero-order valence-corrected chi connectivity index (χ0v) is 14.3. The Morgan fingerprint density at radius 3 is 2.96 bits per heavy atom. The van der Waals surface area contributed by atoms with Crippen molar-refractivity contribution in [2.75, 3.05) is 17.6 Å². The number of amides is 2. The SMILES string of the molecule is Cc1cc(NC(=O)C(=O)N2CCCC[C@H]2c2cccs2)cnc1N. The van der Waals surface area contributed by atoms with Gasteiger partial charge in [0.2, 0.25) is 0 Å². The fourth-order valence-electron chi connectivity index (χ4n) is 2.92. The van der Waals surface area contributed by atoms with Gasteiger partial charge in [0.1, 0.15) is 5.82 Å². The summed E-state index contributed by atoms with van der Waals surface area (Å²) in [6, 6.07) is 5.69. The van der Waals surface area contributed by atoms with Crippen molar-refractivity contribution in [1.82, 2.24) is 9.88 Å². The van der Waals surface area contributed by atoms with E-state index < -0.39 is 11.8 Å². The van der Waals surface area contributed by atoms with Crippen LogP contribution in [0.25, 0.3) is 0 Å². The Kier molecular flexibility index (Phi) is 4.80. The molecule has 0 bridgehead atoms. The molecule has 0 unspecified atom stereocenters. The lowest BCUT2D eigenvalue weighted by molar-refractivity contribution is -0.145. The summed E-state index contributed by atoms with van der Waals surface area (Å²) in [5.41, 5.74) is 6.91. The molecule has 1 fully saturated rings. The smallest absolute Gasteiger partial charge is 0.313 e. The molecule has 2 amide bonds. The van der Waals surface area contributed by atoms with Gasteiger partial charge in [-0.25, -0.2) is 4.98 Å². The van der Waals surface area contributed by atoms with E-state index in [1.807, 2.05) is 17.5 Å². The molecule has 0 spiro atoms. The van der Waals surface area contributed by atoms with Gasteiger partial charge in [0.15, 0.2) is 0 Å². The quantitative estimate of drug-likeness (QED) is 0.820. The molecule has 1 aliphatic rings. The highest BCUT2D eigenvalue weighted by Gasteiger charge is 2.32. The maximum atomic E-state index is 12.6. The van der Waals surface area contributed by atoms with Crippen molar-refractivity contribution in [3.05, 3.63) is 40.2 Å². The van der Waals surface area contributed by atoms with Crippen LogP contribution in [0.15, 0.2) is 29.8 Å². The predicted molar refractivity (Wildman–Crippen MR) is 94.6 cm³/mol. The molecular weight excluding hydrogens is 324 g/mol. The summed E-state index contributed by atoms with van der Waals surface area (Å²) in [5, 5.41) is 4.62. The van der Waals surface area contributed by atoms with Crippen LogP contribution >= 0.6 is 11.3 Å². The Bertz CT molecular complexity index is 745. The number of nitrogens with two attached hydrogens (primary N) is 1. The predicted octanol–water partition coefficient (Wildman–Crippen LogP) is 2.73. The Labute approximate surface area is 144 Å². The molecule has 126 valence electrons. The number of carbonyl (C=O) groups is 2. The maximum absolute atomic E-state index is 12.6. The molecule has 2 aromatic rings. The summed E-state index contributed by atoms with van der Waals surface area (Å²) in [7, 11) is 0. The van der Waals surface area contributed by atoms with Crippen molar-refractivity contribution in [2.24, 2.45) is 0 Å². The molecule has 0 aromatic carbocycles. The van der Waals surface area contributed by atoms with Crippen LogP contribution in [0, 0.1) is 6.92 Å². The molecular formula is C17H20N4O2S. The molecule has 3 N–H and O–H groups in total. The summed E-state index contributed by atoms with van der Waals surface area (Å²) in [4.78, 5) is 31.8. The molecule has 1 saturated heterocycles. The van der Waals surface area contributed by atoms with Gasteiger partial charge in [0.25, 0.3) is 0 Å². The monoisotopic (exact) mass is 344 g/mol. The summed E-state index contributed by atoms with van der Waals surface area (Å²) >= 11 is 1.62. The molecule has 0 aliphatic carbocycles. The molecule has 3 heterocycles. The third kappa shape index (κ3) is 3.41. The second-order valence-corrected chi connectivity index (χ2v) is 6.89. The van der Waals surface area contributed by atoms with Crippen molar-refractivity contribution in [3.8, 4) is 0 Å². The summed E-state index contributed by atoms with van der Waals surface area (Å²) < 4.78 is 0. The van der Waals surface area contributed by atoms with Crippen LogP contribution in [-0.2, 0) is 9.59 Å². The second-order valence-electron chi connectivity index (χ2n) is 5.91. The first kappa shape index (κ1) is 16.4. The van der Waals surface area contributed by atoms with E-state index in [4.69, 9.17) is 5.73 Å². The van der Waals surface area contributed by atoms with Gasteiger partial charge >= 0.3 is 11.8 Å². The number of likely N-dealkylation sites (tertiary alicyclic amines) is 1. The number of nitrogens with zero attached hydrogens (tertiary/aromatic N) is 2. The number of rotatable bonds is 2. The fraction of sp³-hybridized carbons (Fsp3) is 0.353. The van der Waals surface area contributed by atoms with Crippen LogP contribution in [0.5, 0.6) is 0 Å². The number of thiophene rings is 1. The minimum absolute atomic E-state index is 0.0109. The number of piperidine rings is 1. The highest BCUT2D eigenvalue weighted by Crippen LogP contribution is 2.33. The van der Waals surface area contributed by atoms with Crippen LogP contribution in [0.3, 0.4) is 0 Å². The lowest BCUT2D eigenvalue weighted by Crippen LogP contribution is -2.44. The number of hydrogen-bond acceptors (Lipinski definition) is 5. The average Bonchev–Trinajstić information content (AvgIpc) is 3.12. The Balaban J connectivity index is 1.73. The Hall–Kier alpha value is -2.41. The van der Waals surface area contributed by atoms with Crippen molar-refractivity contribution in [2.45, 2.75) is 32.2 Å². The second kappa shape index (κ2) is 7.00. The van der Waals surface area contributed by atoms with Crippen LogP contribution < -0.4 is 11.1 Å². The molecule has 6 nitrogen and oxygen atoms in total. The van der Waals surface area contributed by atoms with Gasteiger partial charge in [-0.05, 0) is 49.3 Å². The van der Waals surface area contributed by atoms with E-state index in [2.05, 4.69) is 10.3 Å². The van der Waals surface area contributed by atoms with E-state index in [-0.39, 0.29) is 6.04 Å². The van der Waals surface area contributed by atoms with Crippen molar-refractivity contribution < 1.29 is 9.59 Å². The first-order valence-corrected chi connectivity index (χ1v) is 8.81. The third-order valence-electron chi connectivity index (χ3n) is 4.21. The Morgan fingerprint density at radius 1 is 1.42 bits per heavy atom. The van der Waals surface area contributed by atoms with Crippen molar-refractivity contribution in [1.29, 1.82) is 0 Å². The molecule has 2 aromatic heterocycles. The number of pyridine rings is 1. The van der Waals surface area contributed by atoms with E-state index >= 15 is 0 Å². The molecule has 3 rings (SSSR count). The van der Waals surface area contributed by atoms with Gasteiger partial charge in [-0.1, -0.05) is 6.07 Å². The van der Waals surface area contributed by atoms with E-state index in [0.717, 1.165) is 29.7 Å². The van der Waals surface area contributed by atoms with Crippen molar-refractivity contribution in [3.63, 3.8) is 0 Å². The lowest BCUT2D eigenvalue weighted by atomic mass is 10.0. The summed E-state index contributed by atoms with van der Waals surface area (Å²) in [6.07, 6.45) is 4.33. The van der Waals surface area contributed by atoms with Gasteiger partial charge in [0.05, 0.1) is 17.9 Å². The largest absolute Gasteiger partial charge is 0.383 e. The number of carbonyl (C=O) groups excluding carboxylic acids is 2. The summed E-state index contributed by atoms with van der Waals surface area (Å²) in [5.74, 6) is -0.722. The van der Waals surface area contributed by atoms with Crippen LogP contribution in [0.2, 0.25) is 0 Å². The topological polar surface area (TPSA) is 88.3 Å². The van der Waals surface area contributed by atoms with Crippen molar-refractivity contribution >= 4 is 34.7 Å². The number of nitrogen functional groups attached to an aromatic ring is 1. The fourth-order valence-corrected chi connectivity index (χ4v) is 3.79. The molecule has 7 heteroatoms. The van der Waals surface area contributed by atoms with Gasteiger partial charge in [-0.3, -0.25) is 9.59 Å². The molecule has 1 aliphatic heterocycles. The number of aryl methyl sites for hydroxylation is 1. The Morgan fingerprint density at radius 2 is 2.25 bits per heavy atom. The lowest BCUT2D eigenvalue weighted by Gasteiger charge is -2.34. The standard InChI is InChI=1S/C17H20N4O2S/c1-11-9-12(10-19-15(11)18)20-16(22)17(23)21-7-3-2-5-13(21)14-6-4-8-24-14/h4,6,8-10,13H,2-3,5,7H2,1H3,(H2,18,19)(H,20,22)/t13-/m0/s1. The van der Waals surface area contributed by atoms with E-state index in [0.29, 0.717) is 18.1 Å². The number of hydrogen-bond donors (Lipinski definition) is 2. The zero-order valence-electron chi connectivity index (χ0n) is 13.5. The molecule has 0 radical (unpaired) electrons. The van der Waals surface area contributed by atoms with Gasteiger partial charge in [-0.2, -0.15) is 0 Å². The molecule has 1 atom stereocenters. The third-order valence-corrected chi connectivity index (χ3v) is 5.18. The highest BCUT2D eigenvalue weighted by molar-refractivity contribution is 7.10. The van der Waals surface area contributed by atoms with Crippen LogP contribution in [0.1, 0.15) is 35.7 Å². The average molecular weight is 344 g/mol. The van der Waals surface area contributed by atoms with E-state index in [1.54, 1.807) is 29.2 Å².